The molecule has 4 atom stereocenters. The lowest BCUT2D eigenvalue weighted by Crippen LogP contribution is -2.58. The van der Waals surface area contributed by atoms with Gasteiger partial charge in [0.2, 0.25) is 15.9 Å². The van der Waals surface area contributed by atoms with Gasteiger partial charge in [0.05, 0.1) is 19.1 Å². The number of hydrogen-bond donors (Lipinski definition) is 3. The molecule has 2 unspecified atom stereocenters. The number of benzene rings is 4. The Morgan fingerprint density at radius 3 is 2.31 bits per heavy atom. The average Bonchev–Trinajstić information content (AvgIpc) is 3.13. The average molecular weight is 755 g/mol. The van der Waals surface area contributed by atoms with E-state index in [2.05, 4.69) is 16.0 Å². The summed E-state index contributed by atoms with van der Waals surface area (Å²) in [6.45, 7) is 2.59. The number of anilines is 1. The Kier molecular flexibility index (Phi) is 12.9. The van der Waals surface area contributed by atoms with Gasteiger partial charge in [-0.25, -0.2) is 22.0 Å². The van der Waals surface area contributed by atoms with Gasteiger partial charge in [0.15, 0.2) is 0 Å². The molecule has 1 heterocycles. The van der Waals surface area contributed by atoms with E-state index in [0.29, 0.717) is 35.0 Å². The van der Waals surface area contributed by atoms with Crippen LogP contribution in [0.1, 0.15) is 36.0 Å². The van der Waals surface area contributed by atoms with Gasteiger partial charge < -0.3 is 25.4 Å². The number of sulfonamides is 1. The molecule has 1 saturated heterocycles. The summed E-state index contributed by atoms with van der Waals surface area (Å²) in [5.41, 5.74) is 1.69. The number of nitrogens with one attached hydrogen (secondary N) is 3. The van der Waals surface area contributed by atoms with Crippen LogP contribution in [-0.4, -0.2) is 70.2 Å². The summed E-state index contributed by atoms with van der Waals surface area (Å²) in [5.74, 6) is -1.83. The molecule has 0 radical (unpaired) electrons. The van der Waals surface area contributed by atoms with Crippen molar-refractivity contribution in [1.82, 2.24) is 14.9 Å². The molecule has 5 rings (SSSR count). The first-order chi connectivity index (χ1) is 24.9. The minimum absolute atomic E-state index is 0.0846. The molecule has 0 aromatic heterocycles. The zero-order valence-electron chi connectivity index (χ0n) is 28.9. The summed E-state index contributed by atoms with van der Waals surface area (Å²) in [5, 5.41) is 9.20. The van der Waals surface area contributed by atoms with E-state index in [1.54, 1.807) is 54.6 Å². The smallest absolute Gasteiger partial charge is 0.407 e. The molecule has 0 saturated carbocycles. The van der Waals surface area contributed by atoms with E-state index in [4.69, 9.17) is 21.1 Å². The van der Waals surface area contributed by atoms with Crippen molar-refractivity contribution in [2.75, 3.05) is 32.6 Å². The van der Waals surface area contributed by atoms with Gasteiger partial charge in [-0.1, -0.05) is 41.9 Å². The lowest BCUT2D eigenvalue weighted by Gasteiger charge is -2.40. The molecule has 10 nitrogen and oxygen atoms in total. The van der Waals surface area contributed by atoms with E-state index in [0.717, 1.165) is 0 Å². The van der Waals surface area contributed by atoms with Crippen LogP contribution in [0.25, 0.3) is 0 Å². The monoisotopic (exact) mass is 754 g/mol. The van der Waals surface area contributed by atoms with Gasteiger partial charge in [-0.15, -0.1) is 0 Å². The number of amides is 2. The molecule has 4 aromatic carbocycles. The summed E-state index contributed by atoms with van der Waals surface area (Å²) < 4.78 is 68.7. The maximum absolute atomic E-state index is 15.6. The molecule has 2 amide bonds. The predicted octanol–water partition coefficient (Wildman–Crippen LogP) is 6.30. The van der Waals surface area contributed by atoms with Gasteiger partial charge in [0, 0.05) is 47.4 Å². The van der Waals surface area contributed by atoms with Crippen LogP contribution in [0.3, 0.4) is 0 Å². The quantitative estimate of drug-likeness (QED) is 0.146. The van der Waals surface area contributed by atoms with Crippen LogP contribution in [0.15, 0.2) is 95.9 Å². The lowest BCUT2D eigenvalue weighted by molar-refractivity contribution is -0.118. The van der Waals surface area contributed by atoms with Gasteiger partial charge in [0.1, 0.15) is 23.4 Å². The zero-order chi connectivity index (χ0) is 37.4. The van der Waals surface area contributed by atoms with Gasteiger partial charge in [-0.3, -0.25) is 4.79 Å². The second-order valence-corrected chi connectivity index (χ2v) is 14.8. The molecular formula is C38H41ClF2N4O6S. The van der Waals surface area contributed by atoms with E-state index in [1.807, 2.05) is 6.92 Å². The number of ether oxygens (including phenoxy) is 2. The Bertz CT molecular complexity index is 1950. The second-order valence-electron chi connectivity index (χ2n) is 12.6. The fourth-order valence-corrected chi connectivity index (χ4v) is 8.50. The molecule has 1 aliphatic heterocycles. The van der Waals surface area contributed by atoms with E-state index >= 15 is 4.39 Å². The third kappa shape index (κ3) is 9.26. The topological polar surface area (TPSA) is 126 Å². The first kappa shape index (κ1) is 38.7. The second kappa shape index (κ2) is 17.3. The highest BCUT2D eigenvalue weighted by molar-refractivity contribution is 7.89. The molecule has 14 heteroatoms. The Morgan fingerprint density at radius 1 is 0.962 bits per heavy atom. The first-order valence-corrected chi connectivity index (χ1v) is 18.5. The minimum atomic E-state index is -3.93. The van der Waals surface area contributed by atoms with Crippen molar-refractivity contribution < 1.29 is 36.3 Å². The summed E-state index contributed by atoms with van der Waals surface area (Å²) in [4.78, 5) is 26.9. The highest BCUT2D eigenvalue weighted by Gasteiger charge is 2.38. The Balaban J connectivity index is 1.42. The zero-order valence-corrected chi connectivity index (χ0v) is 30.5. The maximum atomic E-state index is 15.6. The molecular weight excluding hydrogens is 714 g/mol. The molecule has 52 heavy (non-hydrogen) atoms. The van der Waals surface area contributed by atoms with Crippen molar-refractivity contribution in [2.45, 2.75) is 55.1 Å². The molecule has 0 spiro atoms. The Labute approximate surface area is 307 Å². The standard InChI is InChI=1S/C38H41ClF2N4O6S/c1-24-22-42-23-29(45(24)52(48,49)31-18-16-30(50-2)17-19-31)15-20-32-34(41)5-4-6-35(32)43-37(46)36(44-38(47)51-3)33(26-9-11-27(39)12-10-26)21-25-7-13-28(40)14-8-25/h4-14,16-19,24,29,33,36,42H,15,20-23H2,1-3H3,(H,43,46)(H,44,47)/t24-,29-,33?,36?/m0/s1. The van der Waals surface area contributed by atoms with Crippen LogP contribution in [-0.2, 0) is 32.4 Å². The largest absolute Gasteiger partial charge is 0.497 e. The van der Waals surface area contributed by atoms with Crippen molar-refractivity contribution in [3.63, 3.8) is 0 Å². The SMILES string of the molecule is COC(=O)NC(C(=O)Nc1cccc(F)c1CC[C@H]1CNC[C@H](C)N1S(=O)(=O)c1ccc(OC)cc1)C(Cc1ccc(F)cc1)c1ccc(Cl)cc1. The highest BCUT2D eigenvalue weighted by atomic mass is 35.5. The summed E-state index contributed by atoms with van der Waals surface area (Å²) in [6, 6.07) is 20.9. The molecule has 276 valence electrons. The van der Waals surface area contributed by atoms with Crippen molar-refractivity contribution in [1.29, 1.82) is 0 Å². The number of nitrogens with zero attached hydrogens (tertiary/aromatic N) is 1. The number of alkyl carbamates (subject to hydrolysis) is 1. The molecule has 0 aliphatic carbocycles. The summed E-state index contributed by atoms with van der Waals surface area (Å²) in [6.07, 6.45) is -0.333. The minimum Gasteiger partial charge on any atom is -0.497 e. The van der Waals surface area contributed by atoms with Crippen molar-refractivity contribution in [3.8, 4) is 5.75 Å². The van der Waals surface area contributed by atoms with Gasteiger partial charge in [0.25, 0.3) is 0 Å². The Hall–Kier alpha value is -4.56. The van der Waals surface area contributed by atoms with Crippen molar-refractivity contribution in [2.24, 2.45) is 0 Å². The number of carbonyl (C=O) groups excluding carboxylic acids is 2. The lowest BCUT2D eigenvalue weighted by atomic mass is 9.85. The fraction of sp³-hybridized carbons (Fsp3) is 0.316. The molecule has 3 N–H and O–H groups in total. The van der Waals surface area contributed by atoms with E-state index in [-0.39, 0.29) is 41.5 Å². The molecule has 1 fully saturated rings. The van der Waals surface area contributed by atoms with Gasteiger partial charge >= 0.3 is 6.09 Å². The number of piperazine rings is 1. The van der Waals surface area contributed by atoms with Crippen LogP contribution in [0.4, 0.5) is 19.3 Å². The van der Waals surface area contributed by atoms with Crippen LogP contribution >= 0.6 is 11.6 Å². The van der Waals surface area contributed by atoms with Crippen LogP contribution in [0, 0.1) is 11.6 Å². The fourth-order valence-electron chi connectivity index (χ4n) is 6.53. The van der Waals surface area contributed by atoms with Crippen LogP contribution in [0.2, 0.25) is 5.02 Å². The van der Waals surface area contributed by atoms with E-state index < -0.39 is 51.7 Å². The molecule has 1 aliphatic rings. The third-order valence-electron chi connectivity index (χ3n) is 9.16. The van der Waals surface area contributed by atoms with E-state index in [9.17, 15) is 22.4 Å². The summed E-state index contributed by atoms with van der Waals surface area (Å²) in [7, 11) is -1.26. The van der Waals surface area contributed by atoms with Gasteiger partial charge in [-0.2, -0.15) is 4.31 Å². The van der Waals surface area contributed by atoms with Crippen molar-refractivity contribution in [3.05, 3.63) is 124 Å². The number of carbonyl (C=O) groups is 2. The maximum Gasteiger partial charge on any atom is 0.407 e. The molecule has 0 bridgehead atoms. The van der Waals surface area contributed by atoms with Gasteiger partial charge in [-0.05, 0) is 98.0 Å². The highest BCUT2D eigenvalue weighted by Crippen LogP contribution is 2.31. The Morgan fingerprint density at radius 2 is 1.65 bits per heavy atom. The van der Waals surface area contributed by atoms with Crippen molar-refractivity contribution >= 4 is 39.3 Å². The third-order valence-corrected chi connectivity index (χ3v) is 11.5. The summed E-state index contributed by atoms with van der Waals surface area (Å²) >= 11 is 6.16. The predicted molar refractivity (Wildman–Crippen MR) is 195 cm³/mol. The van der Waals surface area contributed by atoms with Crippen LogP contribution < -0.4 is 20.7 Å². The number of methoxy groups -OCH3 is 2. The normalized spacial score (nSPS) is 17.5. The van der Waals surface area contributed by atoms with E-state index in [1.165, 1.54) is 54.9 Å². The molecule has 4 aromatic rings. The van der Waals surface area contributed by atoms with Crippen LogP contribution in [0.5, 0.6) is 5.75 Å². The number of halogens is 3. The number of hydrogen-bond acceptors (Lipinski definition) is 7. The number of rotatable bonds is 13. The first-order valence-electron chi connectivity index (χ1n) is 16.7.